The van der Waals surface area contributed by atoms with E-state index in [-0.39, 0.29) is 5.41 Å². The summed E-state index contributed by atoms with van der Waals surface area (Å²) in [7, 11) is 0. The second-order valence-corrected chi connectivity index (χ2v) is 15.4. The van der Waals surface area contributed by atoms with Crippen LogP contribution in [0, 0.1) is 0 Å². The van der Waals surface area contributed by atoms with E-state index in [0.717, 1.165) is 17.1 Å². The minimum atomic E-state index is -0.161. The van der Waals surface area contributed by atoms with Crippen molar-refractivity contribution in [2.75, 3.05) is 4.90 Å². The van der Waals surface area contributed by atoms with E-state index in [2.05, 4.69) is 241 Å². The van der Waals surface area contributed by atoms with Gasteiger partial charge in [-0.05, 0) is 110 Å². The Morgan fingerprint density at radius 3 is 1.70 bits per heavy atom. The van der Waals surface area contributed by atoms with E-state index in [9.17, 15) is 0 Å². The van der Waals surface area contributed by atoms with Gasteiger partial charge in [0.15, 0.2) is 0 Å². The molecule has 0 atom stereocenters. The molecule has 0 aliphatic heterocycles. The predicted octanol–water partition coefficient (Wildman–Crippen LogP) is 15.3. The minimum Gasteiger partial charge on any atom is -0.310 e. The van der Waals surface area contributed by atoms with Gasteiger partial charge in [-0.25, -0.2) is 0 Å². The summed E-state index contributed by atoms with van der Waals surface area (Å²) in [5, 5.41) is 7.60. The molecule has 0 saturated carbocycles. The molecule has 1 aromatic heterocycles. The van der Waals surface area contributed by atoms with Gasteiger partial charge in [0, 0.05) is 33.2 Å². The molecule has 0 spiro atoms. The highest BCUT2D eigenvalue weighted by atomic mass is 33.1. The molecule has 1 aliphatic carbocycles. The Morgan fingerprint density at radius 1 is 0.439 bits per heavy atom. The highest BCUT2D eigenvalue weighted by molar-refractivity contribution is 8.59. The summed E-state index contributed by atoms with van der Waals surface area (Å²) in [6.07, 6.45) is 0. The minimum absolute atomic E-state index is 0.161. The Morgan fingerprint density at radius 2 is 0.982 bits per heavy atom. The zero-order chi connectivity index (χ0) is 38.7. The van der Waals surface area contributed by atoms with Crippen molar-refractivity contribution in [1.82, 2.24) is 4.57 Å². The molecular formula is C53H40N2S2. The molecule has 0 saturated heterocycles. The number of para-hydroxylation sites is 2. The van der Waals surface area contributed by atoms with E-state index < -0.39 is 0 Å². The molecule has 0 unspecified atom stereocenters. The smallest absolute Gasteiger partial charge is 0.0541 e. The Labute approximate surface area is 343 Å². The van der Waals surface area contributed by atoms with E-state index in [1.807, 2.05) is 0 Å². The number of rotatable bonds is 5. The quantitative estimate of drug-likeness (QED) is 0.101. The third-order valence-corrected chi connectivity index (χ3v) is 12.0. The lowest BCUT2D eigenvalue weighted by Crippen LogP contribution is -2.20. The molecule has 2 nitrogen and oxygen atoms in total. The number of hydrogen-bond donors (Lipinski definition) is 2. The third-order valence-electron chi connectivity index (χ3n) is 12.0. The summed E-state index contributed by atoms with van der Waals surface area (Å²) >= 11 is 6.44. The summed E-state index contributed by atoms with van der Waals surface area (Å²) < 4.78 is 2.37. The molecule has 0 radical (unpaired) electrons. The fraction of sp³-hybridized carbons (Fsp3) is 0.0566. The van der Waals surface area contributed by atoms with E-state index in [0.29, 0.717) is 0 Å². The summed E-state index contributed by atoms with van der Waals surface area (Å²) in [6.45, 7) is 4.75. The molecule has 1 heterocycles. The Hall–Kier alpha value is -6.20. The van der Waals surface area contributed by atoms with Crippen molar-refractivity contribution in [1.29, 1.82) is 0 Å². The van der Waals surface area contributed by atoms with Crippen molar-refractivity contribution in [3.63, 3.8) is 0 Å². The lowest BCUT2D eigenvalue weighted by Gasteiger charge is -2.32. The molecular weight excluding hydrogens is 729 g/mol. The van der Waals surface area contributed by atoms with Crippen LogP contribution in [0.25, 0.3) is 71.3 Å². The van der Waals surface area contributed by atoms with E-state index in [4.69, 9.17) is 0 Å². The first-order valence-corrected chi connectivity index (χ1v) is 21.0. The van der Waals surface area contributed by atoms with Gasteiger partial charge >= 0.3 is 0 Å². The van der Waals surface area contributed by atoms with Gasteiger partial charge in [0.1, 0.15) is 0 Å². The number of aromatic nitrogens is 1. The van der Waals surface area contributed by atoms with Crippen molar-refractivity contribution in [3.8, 4) is 27.9 Å². The van der Waals surface area contributed by atoms with Gasteiger partial charge in [0.05, 0.1) is 16.7 Å². The highest BCUT2D eigenvalue weighted by Crippen LogP contribution is 2.54. The van der Waals surface area contributed by atoms with Crippen LogP contribution in [0.2, 0.25) is 0 Å². The van der Waals surface area contributed by atoms with E-state index in [1.54, 1.807) is 0 Å². The van der Waals surface area contributed by atoms with Crippen molar-refractivity contribution in [3.05, 3.63) is 205 Å². The summed E-state index contributed by atoms with van der Waals surface area (Å²) in [5.41, 5.74) is 14.7. The number of nitrogens with zero attached hydrogens (tertiary/aromatic N) is 2. The standard InChI is InChI=1S/C53H38N2.H2S2/c1-53(2)48-18-8-5-14-44(48)47-17-11-21-51(52(47)53)54(41-32-33-43-38(34-41)23-22-37-12-3-4-13-42(37)43)39-28-24-35(25-29-39)36-26-30-40(31-27-36)55-49-19-9-6-15-45(49)46-16-7-10-20-50(46)55;1-2/h3-34H,1-2H3;1-2H. The average molecular weight is 769 g/mol. The largest absolute Gasteiger partial charge is 0.310 e. The average Bonchev–Trinajstić information content (AvgIpc) is 3.73. The monoisotopic (exact) mass is 768 g/mol. The molecule has 0 N–H and O–H groups in total. The van der Waals surface area contributed by atoms with Crippen LogP contribution in [0.4, 0.5) is 17.1 Å². The second-order valence-electron chi connectivity index (χ2n) is 15.4. The Balaban J connectivity index is 0.00000195. The molecule has 10 aromatic rings. The maximum absolute atomic E-state index is 3.22. The molecule has 0 fully saturated rings. The van der Waals surface area contributed by atoms with Gasteiger partial charge in [0.2, 0.25) is 0 Å². The third kappa shape index (κ3) is 5.66. The van der Waals surface area contributed by atoms with Crippen LogP contribution in [0.5, 0.6) is 0 Å². The van der Waals surface area contributed by atoms with Crippen molar-refractivity contribution in [2.45, 2.75) is 19.3 Å². The summed E-state index contributed by atoms with van der Waals surface area (Å²) in [5.74, 6) is 0. The first-order valence-electron chi connectivity index (χ1n) is 19.4. The second kappa shape index (κ2) is 14.1. The molecule has 0 bridgehead atoms. The molecule has 11 rings (SSSR count). The number of fused-ring (bicyclic) bond motifs is 9. The lowest BCUT2D eigenvalue weighted by atomic mass is 9.81. The van der Waals surface area contributed by atoms with Gasteiger partial charge in [0.25, 0.3) is 0 Å². The fourth-order valence-electron chi connectivity index (χ4n) is 9.38. The van der Waals surface area contributed by atoms with Crippen LogP contribution in [-0.4, -0.2) is 4.57 Å². The highest BCUT2D eigenvalue weighted by Gasteiger charge is 2.38. The lowest BCUT2D eigenvalue weighted by molar-refractivity contribution is 0.661. The van der Waals surface area contributed by atoms with Gasteiger partial charge in [-0.1, -0.05) is 153 Å². The Kier molecular flexibility index (Phi) is 8.70. The summed E-state index contributed by atoms with van der Waals surface area (Å²) in [4.78, 5) is 2.47. The van der Waals surface area contributed by atoms with Gasteiger partial charge in [-0.3, -0.25) is 0 Å². The zero-order valence-corrected chi connectivity index (χ0v) is 33.6. The maximum Gasteiger partial charge on any atom is 0.0541 e. The predicted molar refractivity (Wildman–Crippen MR) is 251 cm³/mol. The molecule has 57 heavy (non-hydrogen) atoms. The first kappa shape index (κ1) is 35.2. The van der Waals surface area contributed by atoms with Crippen molar-refractivity contribution >= 4 is 83.7 Å². The van der Waals surface area contributed by atoms with Gasteiger partial charge < -0.3 is 9.47 Å². The molecule has 0 amide bonds. The summed E-state index contributed by atoms with van der Waals surface area (Å²) in [6, 6.07) is 71.4. The number of thiol groups is 2. The molecule has 4 heteroatoms. The van der Waals surface area contributed by atoms with Crippen LogP contribution in [0.15, 0.2) is 194 Å². The Bertz CT molecular complexity index is 3070. The normalized spacial score (nSPS) is 12.7. The van der Waals surface area contributed by atoms with Gasteiger partial charge in [-0.2, -0.15) is 0 Å². The number of hydrogen-bond acceptors (Lipinski definition) is 3. The topological polar surface area (TPSA) is 8.17 Å². The van der Waals surface area contributed by atoms with Crippen LogP contribution >= 0.6 is 23.3 Å². The van der Waals surface area contributed by atoms with Crippen LogP contribution in [0.3, 0.4) is 0 Å². The van der Waals surface area contributed by atoms with Crippen molar-refractivity contribution < 1.29 is 0 Å². The number of anilines is 3. The van der Waals surface area contributed by atoms with E-state index in [1.165, 1.54) is 82.4 Å². The van der Waals surface area contributed by atoms with Crippen LogP contribution < -0.4 is 4.90 Å². The molecule has 9 aromatic carbocycles. The van der Waals surface area contributed by atoms with Gasteiger partial charge in [-0.15, -0.1) is 23.3 Å². The first-order chi connectivity index (χ1) is 28.0. The molecule has 274 valence electrons. The SMILES string of the molecule is CC1(C)c2ccccc2-c2cccc(N(c3ccc(-c4ccc(-n5c6ccccc6c6ccccc65)cc4)cc3)c3ccc4c(ccc5ccccc54)c3)c21.SS. The number of benzene rings is 9. The van der Waals surface area contributed by atoms with E-state index >= 15 is 0 Å². The molecule has 1 aliphatic rings. The fourth-order valence-corrected chi connectivity index (χ4v) is 9.38. The maximum atomic E-state index is 3.22. The van der Waals surface area contributed by atoms with Crippen molar-refractivity contribution in [2.24, 2.45) is 0 Å². The van der Waals surface area contributed by atoms with Crippen LogP contribution in [0.1, 0.15) is 25.0 Å². The van der Waals surface area contributed by atoms with Crippen LogP contribution in [-0.2, 0) is 5.41 Å². The zero-order valence-electron chi connectivity index (χ0n) is 31.8.